The molecule has 0 saturated carbocycles. The van der Waals surface area contributed by atoms with Gasteiger partial charge in [-0.2, -0.15) is 0 Å². The summed E-state index contributed by atoms with van der Waals surface area (Å²) in [5.41, 5.74) is 3.89. The minimum Gasteiger partial charge on any atom is -0.0840 e. The topological polar surface area (TPSA) is 0 Å². The Kier molecular flexibility index (Phi) is 4.46. The largest absolute Gasteiger partial charge is 0.0840 e. The average molecular weight is 357 g/mol. The Morgan fingerprint density at radius 1 is 1.00 bits per heavy atom. The van der Waals surface area contributed by atoms with Gasteiger partial charge in [0.15, 0.2) is 0 Å². The number of aryl methyl sites for hydroxylation is 1. The molecule has 88 valence electrons. The highest BCUT2D eigenvalue weighted by molar-refractivity contribution is 14.1. The first-order valence-corrected chi connectivity index (χ1v) is 7.16. The van der Waals surface area contributed by atoms with Crippen molar-refractivity contribution in [2.75, 3.05) is 0 Å². The van der Waals surface area contributed by atoms with Crippen LogP contribution in [-0.2, 0) is 12.8 Å². The minimum absolute atomic E-state index is 0.852. The van der Waals surface area contributed by atoms with Gasteiger partial charge in [0.2, 0.25) is 0 Å². The summed E-state index contributed by atoms with van der Waals surface area (Å²) in [6.07, 6.45) is 1.99. The molecule has 0 aromatic heterocycles. The van der Waals surface area contributed by atoms with Crippen LogP contribution in [0.4, 0.5) is 0 Å². The fourth-order valence-corrected chi connectivity index (χ4v) is 2.53. The van der Waals surface area contributed by atoms with Crippen molar-refractivity contribution < 1.29 is 0 Å². The maximum absolute atomic E-state index is 6.20. The zero-order chi connectivity index (χ0) is 12.3. The molecule has 0 heterocycles. The molecule has 0 nitrogen and oxygen atoms in total. The highest BCUT2D eigenvalue weighted by Gasteiger charge is 2.02. The molecule has 0 fully saturated rings. The van der Waals surface area contributed by atoms with Gasteiger partial charge < -0.3 is 0 Å². The molecule has 0 saturated heterocycles. The quantitative estimate of drug-likeness (QED) is 0.671. The predicted octanol–water partition coefficient (Wildman–Crippen LogP) is 5.10. The van der Waals surface area contributed by atoms with Gasteiger partial charge in [0.05, 0.1) is 0 Å². The first-order chi connectivity index (χ1) is 8.19. The van der Waals surface area contributed by atoms with E-state index in [4.69, 9.17) is 11.6 Å². The Bertz CT molecular complexity index is 503. The van der Waals surface area contributed by atoms with Crippen LogP contribution >= 0.6 is 34.2 Å². The smallest absolute Gasteiger partial charge is 0.0442 e. The molecule has 2 heteroatoms. The van der Waals surface area contributed by atoms with E-state index in [1.807, 2.05) is 12.1 Å². The van der Waals surface area contributed by atoms with E-state index < -0.39 is 0 Å². The van der Waals surface area contributed by atoms with E-state index in [2.05, 4.69) is 59.8 Å². The standard InChI is InChI=1S/C15H14ClI/c1-2-11-3-5-12(6-4-11)9-13-10-14(17)7-8-15(13)16/h3-8,10H,2,9H2,1H3. The van der Waals surface area contributed by atoms with Crippen LogP contribution in [0.25, 0.3) is 0 Å². The first-order valence-electron chi connectivity index (χ1n) is 5.71. The molecule has 2 rings (SSSR count). The second-order valence-corrected chi connectivity index (χ2v) is 5.74. The monoisotopic (exact) mass is 356 g/mol. The van der Waals surface area contributed by atoms with Gasteiger partial charge in [-0.15, -0.1) is 0 Å². The molecule has 0 atom stereocenters. The van der Waals surface area contributed by atoms with Crippen molar-refractivity contribution in [2.24, 2.45) is 0 Å². The SMILES string of the molecule is CCc1ccc(Cc2cc(I)ccc2Cl)cc1. The van der Waals surface area contributed by atoms with Gasteiger partial charge >= 0.3 is 0 Å². The third-order valence-electron chi connectivity index (χ3n) is 2.83. The normalized spacial score (nSPS) is 10.5. The fourth-order valence-electron chi connectivity index (χ4n) is 1.79. The Morgan fingerprint density at radius 3 is 2.29 bits per heavy atom. The van der Waals surface area contributed by atoms with Crippen LogP contribution in [0.15, 0.2) is 42.5 Å². The summed E-state index contributed by atoms with van der Waals surface area (Å²) < 4.78 is 1.23. The van der Waals surface area contributed by atoms with Crippen molar-refractivity contribution in [1.29, 1.82) is 0 Å². The van der Waals surface area contributed by atoms with E-state index in [9.17, 15) is 0 Å². The summed E-state index contributed by atoms with van der Waals surface area (Å²) >= 11 is 8.52. The van der Waals surface area contributed by atoms with Crippen LogP contribution in [0.3, 0.4) is 0 Å². The van der Waals surface area contributed by atoms with Gasteiger partial charge in [-0.05, 0) is 70.3 Å². The molecule has 2 aromatic rings. The Hall–Kier alpha value is -0.540. The first kappa shape index (κ1) is 12.9. The van der Waals surface area contributed by atoms with Crippen molar-refractivity contribution in [1.82, 2.24) is 0 Å². The Morgan fingerprint density at radius 2 is 1.65 bits per heavy atom. The Balaban J connectivity index is 2.22. The molecule has 0 unspecified atom stereocenters. The van der Waals surface area contributed by atoms with E-state index in [1.54, 1.807) is 0 Å². The number of hydrogen-bond donors (Lipinski definition) is 0. The summed E-state index contributed by atoms with van der Waals surface area (Å²) in [5.74, 6) is 0. The van der Waals surface area contributed by atoms with Crippen LogP contribution < -0.4 is 0 Å². The number of halogens is 2. The van der Waals surface area contributed by atoms with Crippen molar-refractivity contribution in [3.8, 4) is 0 Å². The fraction of sp³-hybridized carbons (Fsp3) is 0.200. The molecule has 0 spiro atoms. The lowest BCUT2D eigenvalue weighted by atomic mass is 10.0. The lowest BCUT2D eigenvalue weighted by Gasteiger charge is -2.06. The number of benzene rings is 2. The van der Waals surface area contributed by atoms with Gasteiger partial charge in [0, 0.05) is 8.59 Å². The summed E-state index contributed by atoms with van der Waals surface area (Å²) in [6.45, 7) is 2.17. The van der Waals surface area contributed by atoms with Gasteiger partial charge in [-0.3, -0.25) is 0 Å². The molecule has 0 aliphatic carbocycles. The third kappa shape index (κ3) is 3.46. The molecule has 2 aromatic carbocycles. The van der Waals surface area contributed by atoms with E-state index in [1.165, 1.54) is 20.3 Å². The van der Waals surface area contributed by atoms with Crippen LogP contribution in [0.2, 0.25) is 5.02 Å². The second-order valence-electron chi connectivity index (χ2n) is 4.08. The molecule has 17 heavy (non-hydrogen) atoms. The summed E-state index contributed by atoms with van der Waals surface area (Å²) in [6, 6.07) is 14.9. The lowest BCUT2D eigenvalue weighted by molar-refractivity contribution is 1.12. The lowest BCUT2D eigenvalue weighted by Crippen LogP contribution is -1.91. The number of hydrogen-bond acceptors (Lipinski definition) is 0. The Labute approximate surface area is 121 Å². The van der Waals surface area contributed by atoms with Crippen LogP contribution in [0, 0.1) is 3.57 Å². The van der Waals surface area contributed by atoms with Crippen molar-refractivity contribution in [3.63, 3.8) is 0 Å². The number of rotatable bonds is 3. The van der Waals surface area contributed by atoms with Crippen molar-refractivity contribution in [3.05, 3.63) is 67.7 Å². The summed E-state index contributed by atoms with van der Waals surface area (Å²) in [5, 5.41) is 0.852. The molecule has 0 bridgehead atoms. The van der Waals surface area contributed by atoms with Gasteiger partial charge in [0.25, 0.3) is 0 Å². The zero-order valence-electron chi connectivity index (χ0n) is 9.71. The van der Waals surface area contributed by atoms with E-state index in [-0.39, 0.29) is 0 Å². The molecule has 0 radical (unpaired) electrons. The van der Waals surface area contributed by atoms with E-state index in [0.29, 0.717) is 0 Å². The zero-order valence-corrected chi connectivity index (χ0v) is 12.6. The van der Waals surface area contributed by atoms with Crippen molar-refractivity contribution in [2.45, 2.75) is 19.8 Å². The average Bonchev–Trinajstić information content (AvgIpc) is 2.35. The maximum Gasteiger partial charge on any atom is 0.0442 e. The molecular formula is C15H14ClI. The van der Waals surface area contributed by atoms with Gasteiger partial charge in [-0.1, -0.05) is 42.8 Å². The van der Waals surface area contributed by atoms with Crippen LogP contribution in [0.1, 0.15) is 23.6 Å². The molecule has 0 aliphatic heterocycles. The maximum atomic E-state index is 6.20. The van der Waals surface area contributed by atoms with Crippen molar-refractivity contribution >= 4 is 34.2 Å². The third-order valence-corrected chi connectivity index (χ3v) is 3.87. The minimum atomic E-state index is 0.852. The molecular weight excluding hydrogens is 343 g/mol. The summed E-state index contributed by atoms with van der Waals surface area (Å²) in [4.78, 5) is 0. The van der Waals surface area contributed by atoms with Crippen LogP contribution in [-0.4, -0.2) is 0 Å². The van der Waals surface area contributed by atoms with Crippen LogP contribution in [0.5, 0.6) is 0 Å². The van der Waals surface area contributed by atoms with Gasteiger partial charge in [0.1, 0.15) is 0 Å². The van der Waals surface area contributed by atoms with Gasteiger partial charge in [-0.25, -0.2) is 0 Å². The van der Waals surface area contributed by atoms with E-state index in [0.717, 1.165) is 17.9 Å². The highest BCUT2D eigenvalue weighted by Crippen LogP contribution is 2.22. The van der Waals surface area contributed by atoms with E-state index >= 15 is 0 Å². The molecule has 0 amide bonds. The second kappa shape index (κ2) is 5.87. The molecule has 0 aliphatic rings. The predicted molar refractivity (Wildman–Crippen MR) is 82.8 cm³/mol. The highest BCUT2D eigenvalue weighted by atomic mass is 127. The summed E-state index contributed by atoms with van der Waals surface area (Å²) in [7, 11) is 0. The molecule has 0 N–H and O–H groups in total.